The van der Waals surface area contributed by atoms with Gasteiger partial charge in [-0.3, -0.25) is 0 Å². The fourth-order valence-electron chi connectivity index (χ4n) is 1.71. The van der Waals surface area contributed by atoms with Crippen LogP contribution in [-0.2, 0) is 6.61 Å². The van der Waals surface area contributed by atoms with Crippen LogP contribution in [0.1, 0.15) is 24.1 Å². The number of ether oxygens (including phenoxy) is 1. The summed E-state index contributed by atoms with van der Waals surface area (Å²) in [7, 11) is 0. The van der Waals surface area contributed by atoms with Crippen LogP contribution in [0.4, 0.5) is 8.78 Å². The van der Waals surface area contributed by atoms with E-state index in [9.17, 15) is 8.78 Å². The molecule has 2 aromatic rings. The van der Waals surface area contributed by atoms with Gasteiger partial charge >= 0.3 is 0 Å². The van der Waals surface area contributed by atoms with Gasteiger partial charge in [-0.05, 0) is 30.7 Å². The van der Waals surface area contributed by atoms with Gasteiger partial charge in [0.05, 0.1) is 0 Å². The van der Waals surface area contributed by atoms with E-state index in [0.717, 1.165) is 11.6 Å². The van der Waals surface area contributed by atoms with E-state index < -0.39 is 11.6 Å². The minimum absolute atomic E-state index is 0.0218. The van der Waals surface area contributed by atoms with E-state index >= 15 is 0 Å². The zero-order chi connectivity index (χ0) is 13.8. The Morgan fingerprint density at radius 3 is 2.63 bits per heavy atom. The summed E-state index contributed by atoms with van der Waals surface area (Å²) in [6, 6.07) is 11.2. The predicted octanol–water partition coefficient (Wildman–Crippen LogP) is 3.56. The minimum atomic E-state index is -0.870. The second-order valence-corrected chi connectivity index (χ2v) is 4.36. The number of hydrogen-bond donors (Lipinski definition) is 1. The molecule has 4 heteroatoms. The lowest BCUT2D eigenvalue weighted by molar-refractivity contribution is 0.297. The standard InChI is InChI=1S/C15H15F2NO/c1-10(18)11-4-2-6-13(8-11)19-9-12-5-3-7-14(16)15(12)17/h2-8,10H,9,18H2,1H3/t10-/m1/s1. The summed E-state index contributed by atoms with van der Waals surface area (Å²) < 4.78 is 31.9. The minimum Gasteiger partial charge on any atom is -0.489 e. The number of benzene rings is 2. The zero-order valence-corrected chi connectivity index (χ0v) is 10.6. The molecule has 100 valence electrons. The summed E-state index contributed by atoms with van der Waals surface area (Å²) in [4.78, 5) is 0. The Morgan fingerprint density at radius 2 is 1.89 bits per heavy atom. The van der Waals surface area contributed by atoms with Crippen LogP contribution in [0.3, 0.4) is 0 Å². The molecule has 0 aromatic heterocycles. The third-order valence-corrected chi connectivity index (χ3v) is 2.81. The molecule has 0 saturated heterocycles. The third-order valence-electron chi connectivity index (χ3n) is 2.81. The topological polar surface area (TPSA) is 35.2 Å². The molecular weight excluding hydrogens is 248 g/mol. The van der Waals surface area contributed by atoms with Gasteiger partial charge in [0.2, 0.25) is 0 Å². The van der Waals surface area contributed by atoms with Gasteiger partial charge in [0.1, 0.15) is 12.4 Å². The molecule has 0 heterocycles. The van der Waals surface area contributed by atoms with E-state index in [1.54, 1.807) is 12.1 Å². The molecule has 2 nitrogen and oxygen atoms in total. The molecule has 0 spiro atoms. The van der Waals surface area contributed by atoms with Gasteiger partial charge in [-0.25, -0.2) is 8.78 Å². The highest BCUT2D eigenvalue weighted by Crippen LogP contribution is 2.20. The fraction of sp³-hybridized carbons (Fsp3) is 0.200. The quantitative estimate of drug-likeness (QED) is 0.915. The van der Waals surface area contributed by atoms with Gasteiger partial charge < -0.3 is 10.5 Å². The maximum Gasteiger partial charge on any atom is 0.165 e. The van der Waals surface area contributed by atoms with Crippen LogP contribution in [0, 0.1) is 11.6 Å². The Labute approximate surface area is 110 Å². The molecule has 1 atom stereocenters. The lowest BCUT2D eigenvalue weighted by atomic mass is 10.1. The first-order valence-electron chi connectivity index (χ1n) is 5.99. The highest BCUT2D eigenvalue weighted by Gasteiger charge is 2.08. The number of nitrogens with two attached hydrogens (primary N) is 1. The average molecular weight is 263 g/mol. The molecule has 0 bridgehead atoms. The molecule has 2 N–H and O–H groups in total. The van der Waals surface area contributed by atoms with E-state index in [1.807, 2.05) is 19.1 Å². The van der Waals surface area contributed by atoms with Crippen LogP contribution in [0.25, 0.3) is 0 Å². The van der Waals surface area contributed by atoms with Crippen molar-refractivity contribution in [3.8, 4) is 5.75 Å². The molecule has 0 fully saturated rings. The molecule has 0 aliphatic rings. The Kier molecular flexibility index (Phi) is 4.12. The van der Waals surface area contributed by atoms with Crippen molar-refractivity contribution < 1.29 is 13.5 Å². The lowest BCUT2D eigenvalue weighted by Crippen LogP contribution is -2.05. The van der Waals surface area contributed by atoms with Crippen molar-refractivity contribution in [2.24, 2.45) is 5.73 Å². The van der Waals surface area contributed by atoms with Crippen LogP contribution in [0.2, 0.25) is 0 Å². The lowest BCUT2D eigenvalue weighted by Gasteiger charge is -2.10. The van der Waals surface area contributed by atoms with Crippen molar-refractivity contribution in [1.29, 1.82) is 0 Å². The predicted molar refractivity (Wildman–Crippen MR) is 69.7 cm³/mol. The smallest absolute Gasteiger partial charge is 0.165 e. The van der Waals surface area contributed by atoms with Gasteiger partial charge in [0.15, 0.2) is 11.6 Å². The summed E-state index contributed by atoms with van der Waals surface area (Å²) >= 11 is 0. The average Bonchev–Trinajstić information content (AvgIpc) is 2.41. The maximum absolute atomic E-state index is 13.4. The third kappa shape index (κ3) is 3.29. The van der Waals surface area contributed by atoms with Crippen LogP contribution in [0.15, 0.2) is 42.5 Å². The molecule has 0 aliphatic carbocycles. The first-order chi connectivity index (χ1) is 9.08. The molecule has 2 rings (SSSR count). The van der Waals surface area contributed by atoms with Crippen molar-refractivity contribution in [1.82, 2.24) is 0 Å². The fourth-order valence-corrected chi connectivity index (χ4v) is 1.71. The summed E-state index contributed by atoms with van der Waals surface area (Å²) in [5.41, 5.74) is 6.88. The van der Waals surface area contributed by atoms with Crippen molar-refractivity contribution in [3.63, 3.8) is 0 Å². The van der Waals surface area contributed by atoms with Crippen molar-refractivity contribution in [2.75, 3.05) is 0 Å². The monoisotopic (exact) mass is 263 g/mol. The zero-order valence-electron chi connectivity index (χ0n) is 10.6. The first kappa shape index (κ1) is 13.5. The van der Waals surface area contributed by atoms with Gasteiger partial charge in [0, 0.05) is 11.6 Å². The SMILES string of the molecule is C[C@@H](N)c1cccc(OCc2cccc(F)c2F)c1. The Balaban J connectivity index is 2.10. The second-order valence-electron chi connectivity index (χ2n) is 4.36. The van der Waals surface area contributed by atoms with E-state index in [1.165, 1.54) is 12.1 Å². The van der Waals surface area contributed by atoms with Crippen molar-refractivity contribution in [2.45, 2.75) is 19.6 Å². The van der Waals surface area contributed by atoms with E-state index in [2.05, 4.69) is 0 Å². The number of rotatable bonds is 4. The molecule has 0 aliphatic heterocycles. The Hall–Kier alpha value is -1.94. The van der Waals surface area contributed by atoms with E-state index in [4.69, 9.17) is 10.5 Å². The van der Waals surface area contributed by atoms with Gasteiger partial charge in [-0.2, -0.15) is 0 Å². The first-order valence-corrected chi connectivity index (χ1v) is 5.99. The van der Waals surface area contributed by atoms with Crippen LogP contribution < -0.4 is 10.5 Å². The molecule has 2 aromatic carbocycles. The van der Waals surface area contributed by atoms with Gasteiger partial charge in [-0.1, -0.05) is 24.3 Å². The van der Waals surface area contributed by atoms with Crippen LogP contribution >= 0.6 is 0 Å². The Bertz CT molecular complexity index is 570. The summed E-state index contributed by atoms with van der Waals surface area (Å²) in [6.45, 7) is 1.84. The summed E-state index contributed by atoms with van der Waals surface area (Å²) in [6.07, 6.45) is 0. The molecule has 0 amide bonds. The molecule has 0 saturated carbocycles. The largest absolute Gasteiger partial charge is 0.489 e. The molecule has 19 heavy (non-hydrogen) atoms. The van der Waals surface area contributed by atoms with Gasteiger partial charge in [0.25, 0.3) is 0 Å². The summed E-state index contributed by atoms with van der Waals surface area (Å²) in [5.74, 6) is -1.16. The second kappa shape index (κ2) is 5.80. The van der Waals surface area contributed by atoms with Crippen LogP contribution in [-0.4, -0.2) is 0 Å². The highest BCUT2D eigenvalue weighted by molar-refractivity contribution is 5.30. The van der Waals surface area contributed by atoms with E-state index in [-0.39, 0.29) is 18.2 Å². The Morgan fingerprint density at radius 1 is 1.16 bits per heavy atom. The molecular formula is C15H15F2NO. The van der Waals surface area contributed by atoms with Gasteiger partial charge in [-0.15, -0.1) is 0 Å². The van der Waals surface area contributed by atoms with Crippen molar-refractivity contribution in [3.05, 3.63) is 65.2 Å². The number of halogens is 2. The van der Waals surface area contributed by atoms with E-state index in [0.29, 0.717) is 5.75 Å². The summed E-state index contributed by atoms with van der Waals surface area (Å²) in [5, 5.41) is 0. The van der Waals surface area contributed by atoms with Crippen molar-refractivity contribution >= 4 is 0 Å². The maximum atomic E-state index is 13.4. The normalized spacial score (nSPS) is 12.2. The van der Waals surface area contributed by atoms with Crippen LogP contribution in [0.5, 0.6) is 5.75 Å². The highest BCUT2D eigenvalue weighted by atomic mass is 19.2. The molecule has 0 radical (unpaired) electrons. The number of hydrogen-bond acceptors (Lipinski definition) is 2. The molecule has 0 unspecified atom stereocenters.